The van der Waals surface area contributed by atoms with E-state index < -0.39 is 0 Å². The van der Waals surface area contributed by atoms with Crippen molar-refractivity contribution in [1.29, 1.82) is 0 Å². The summed E-state index contributed by atoms with van der Waals surface area (Å²) in [6.45, 7) is 8.91. The first kappa shape index (κ1) is 19.8. The molecule has 0 fully saturated rings. The Morgan fingerprint density at radius 2 is 1.45 bits per heavy atom. The Bertz CT molecular complexity index is 194. The normalized spacial score (nSPS) is 13.3. The minimum Gasteiger partial charge on any atom is -0.395 e. The molecule has 0 aromatic rings. The van der Waals surface area contributed by atoms with Crippen LogP contribution in [0.2, 0.25) is 0 Å². The van der Waals surface area contributed by atoms with Gasteiger partial charge in [0.1, 0.15) is 0 Å². The highest BCUT2D eigenvalue weighted by molar-refractivity contribution is 4.69. The lowest BCUT2D eigenvalue weighted by atomic mass is 10.1. The van der Waals surface area contributed by atoms with Gasteiger partial charge >= 0.3 is 0 Å². The lowest BCUT2D eigenvalue weighted by Gasteiger charge is -2.28. The summed E-state index contributed by atoms with van der Waals surface area (Å²) in [7, 11) is 0. The average Bonchev–Trinajstić information content (AvgIpc) is 2.43. The molecular formula is C14H35N5O. The van der Waals surface area contributed by atoms with Gasteiger partial charge in [0.25, 0.3) is 0 Å². The topological polar surface area (TPSA) is 105 Å². The number of nitrogens with two attached hydrogens (primary N) is 3. The van der Waals surface area contributed by atoms with Gasteiger partial charge in [-0.1, -0.05) is 6.42 Å². The second-order valence-electron chi connectivity index (χ2n) is 5.31. The van der Waals surface area contributed by atoms with Crippen LogP contribution < -0.4 is 17.2 Å². The van der Waals surface area contributed by atoms with Crippen molar-refractivity contribution >= 4 is 0 Å². The average molecular weight is 289 g/mol. The van der Waals surface area contributed by atoms with Gasteiger partial charge < -0.3 is 22.3 Å². The van der Waals surface area contributed by atoms with Crippen LogP contribution in [0.4, 0.5) is 0 Å². The molecule has 20 heavy (non-hydrogen) atoms. The van der Waals surface area contributed by atoms with Crippen molar-refractivity contribution in [2.75, 3.05) is 59.0 Å². The van der Waals surface area contributed by atoms with E-state index in [4.69, 9.17) is 22.3 Å². The summed E-state index contributed by atoms with van der Waals surface area (Å²) in [6, 6.07) is 0.530. The molecule has 0 saturated carbocycles. The predicted octanol–water partition coefficient (Wildman–Crippen LogP) is -0.982. The minimum absolute atomic E-state index is 0.206. The molecule has 1 atom stereocenters. The molecule has 0 amide bonds. The van der Waals surface area contributed by atoms with Gasteiger partial charge in [0.05, 0.1) is 6.61 Å². The number of nitrogens with zero attached hydrogens (tertiary/aromatic N) is 2. The summed E-state index contributed by atoms with van der Waals surface area (Å²) in [5.41, 5.74) is 16.8. The fourth-order valence-electron chi connectivity index (χ4n) is 2.50. The van der Waals surface area contributed by atoms with E-state index in [2.05, 4.69) is 16.7 Å². The van der Waals surface area contributed by atoms with E-state index in [1.54, 1.807) is 0 Å². The van der Waals surface area contributed by atoms with Gasteiger partial charge in [0.2, 0.25) is 0 Å². The first-order valence-electron chi connectivity index (χ1n) is 7.87. The zero-order chi connectivity index (χ0) is 15.2. The largest absolute Gasteiger partial charge is 0.395 e. The third-order valence-electron chi connectivity index (χ3n) is 3.66. The first-order chi connectivity index (χ1) is 9.69. The third-order valence-corrected chi connectivity index (χ3v) is 3.66. The number of aliphatic hydroxyl groups is 1. The summed E-state index contributed by atoms with van der Waals surface area (Å²) in [6.07, 6.45) is 3.48. The zero-order valence-electron chi connectivity index (χ0n) is 13.1. The molecule has 7 N–H and O–H groups in total. The Kier molecular flexibility index (Phi) is 13.6. The molecule has 0 aliphatic rings. The molecule has 122 valence electrons. The second kappa shape index (κ2) is 13.7. The maximum Gasteiger partial charge on any atom is 0.0558 e. The molecule has 0 aliphatic heterocycles. The van der Waals surface area contributed by atoms with E-state index in [0.717, 1.165) is 45.6 Å². The molecule has 6 nitrogen and oxygen atoms in total. The smallest absolute Gasteiger partial charge is 0.0558 e. The summed E-state index contributed by atoms with van der Waals surface area (Å²) >= 11 is 0. The Hall–Kier alpha value is -0.240. The third kappa shape index (κ3) is 9.63. The fourth-order valence-corrected chi connectivity index (χ4v) is 2.50. The van der Waals surface area contributed by atoms with E-state index in [-0.39, 0.29) is 6.61 Å². The van der Waals surface area contributed by atoms with Crippen LogP contribution in [0.3, 0.4) is 0 Å². The molecule has 0 radical (unpaired) electrons. The SMILES string of the molecule is CC(CCCCN(CCN)CCO)N(CCN)CCN. The molecule has 0 heterocycles. The first-order valence-corrected chi connectivity index (χ1v) is 7.87. The van der Waals surface area contributed by atoms with Crippen molar-refractivity contribution in [3.63, 3.8) is 0 Å². The monoisotopic (exact) mass is 289 g/mol. The molecule has 0 aromatic carbocycles. The molecule has 1 unspecified atom stereocenters. The summed E-state index contributed by atoms with van der Waals surface area (Å²) in [4.78, 5) is 4.59. The Morgan fingerprint density at radius 3 is 1.95 bits per heavy atom. The van der Waals surface area contributed by atoms with E-state index in [0.29, 0.717) is 25.7 Å². The lowest BCUT2D eigenvalue weighted by molar-refractivity contribution is 0.187. The van der Waals surface area contributed by atoms with Crippen LogP contribution >= 0.6 is 0 Å². The summed E-state index contributed by atoms with van der Waals surface area (Å²) < 4.78 is 0. The predicted molar refractivity (Wildman–Crippen MR) is 85.6 cm³/mol. The van der Waals surface area contributed by atoms with Gasteiger partial charge in [-0.3, -0.25) is 9.80 Å². The molecule has 0 aliphatic carbocycles. The number of hydrogen-bond donors (Lipinski definition) is 4. The van der Waals surface area contributed by atoms with E-state index in [9.17, 15) is 0 Å². The second-order valence-corrected chi connectivity index (χ2v) is 5.31. The van der Waals surface area contributed by atoms with Crippen LogP contribution in [-0.4, -0.2) is 79.9 Å². The molecular weight excluding hydrogens is 254 g/mol. The van der Waals surface area contributed by atoms with E-state index in [1.165, 1.54) is 6.42 Å². The van der Waals surface area contributed by atoms with Gasteiger partial charge in [-0.25, -0.2) is 0 Å². The molecule has 0 bridgehead atoms. The summed E-state index contributed by atoms with van der Waals surface area (Å²) in [5.74, 6) is 0. The molecule has 0 saturated heterocycles. The van der Waals surface area contributed by atoms with Gasteiger partial charge in [-0.15, -0.1) is 0 Å². The Morgan fingerprint density at radius 1 is 0.850 bits per heavy atom. The van der Waals surface area contributed by atoms with E-state index >= 15 is 0 Å². The van der Waals surface area contributed by atoms with Crippen LogP contribution in [0.1, 0.15) is 26.2 Å². The highest BCUT2D eigenvalue weighted by Crippen LogP contribution is 2.08. The Labute approximate surface area is 124 Å². The van der Waals surface area contributed by atoms with Crippen molar-refractivity contribution in [3.8, 4) is 0 Å². The number of unbranched alkanes of at least 4 members (excludes halogenated alkanes) is 1. The number of rotatable bonds is 14. The van der Waals surface area contributed by atoms with Gasteiger partial charge in [-0.2, -0.15) is 0 Å². The molecule has 0 aromatic heterocycles. The Balaban J connectivity index is 3.84. The fraction of sp³-hybridized carbons (Fsp3) is 1.00. The summed E-state index contributed by atoms with van der Waals surface area (Å²) in [5, 5.41) is 8.99. The van der Waals surface area contributed by atoms with Crippen LogP contribution in [-0.2, 0) is 0 Å². The highest BCUT2D eigenvalue weighted by atomic mass is 16.3. The van der Waals surface area contributed by atoms with Crippen molar-refractivity contribution in [2.24, 2.45) is 17.2 Å². The van der Waals surface area contributed by atoms with E-state index in [1.807, 2.05) is 0 Å². The highest BCUT2D eigenvalue weighted by Gasteiger charge is 2.12. The van der Waals surface area contributed by atoms with Crippen molar-refractivity contribution in [2.45, 2.75) is 32.2 Å². The van der Waals surface area contributed by atoms with Crippen LogP contribution in [0.15, 0.2) is 0 Å². The van der Waals surface area contributed by atoms with Crippen molar-refractivity contribution in [3.05, 3.63) is 0 Å². The maximum absolute atomic E-state index is 8.99. The number of aliphatic hydroxyl groups excluding tert-OH is 1. The lowest BCUT2D eigenvalue weighted by Crippen LogP contribution is -2.40. The van der Waals surface area contributed by atoms with Crippen LogP contribution in [0.5, 0.6) is 0 Å². The minimum atomic E-state index is 0.206. The van der Waals surface area contributed by atoms with Gasteiger partial charge in [0, 0.05) is 51.9 Å². The van der Waals surface area contributed by atoms with Crippen molar-refractivity contribution < 1.29 is 5.11 Å². The molecule has 0 spiro atoms. The van der Waals surface area contributed by atoms with Crippen LogP contribution in [0, 0.1) is 0 Å². The van der Waals surface area contributed by atoms with Crippen molar-refractivity contribution in [1.82, 2.24) is 9.80 Å². The quantitative estimate of drug-likeness (QED) is 0.306. The molecule has 6 heteroatoms. The zero-order valence-corrected chi connectivity index (χ0v) is 13.1. The maximum atomic E-state index is 8.99. The van der Waals surface area contributed by atoms with Gasteiger partial charge in [-0.05, 0) is 26.3 Å². The van der Waals surface area contributed by atoms with Gasteiger partial charge in [0.15, 0.2) is 0 Å². The van der Waals surface area contributed by atoms with Crippen LogP contribution in [0.25, 0.3) is 0 Å². The number of hydrogen-bond acceptors (Lipinski definition) is 6. The standard InChI is InChI=1S/C14H35N5O/c1-14(19(10-6-16)11-7-17)4-2-3-8-18(9-5-15)12-13-20/h14,20H,2-13,15-17H2,1H3. The molecule has 0 rings (SSSR count).